The smallest absolute Gasteiger partial charge is 0.370 e. The van der Waals surface area contributed by atoms with Crippen molar-refractivity contribution in [3.63, 3.8) is 0 Å². The Morgan fingerprint density at radius 1 is 0.971 bits per heavy atom. The van der Waals surface area contributed by atoms with Gasteiger partial charge in [0.2, 0.25) is 0 Å². The first-order chi connectivity index (χ1) is 16.9. The molecule has 1 saturated heterocycles. The Morgan fingerprint density at radius 2 is 1.69 bits per heavy atom. The number of hydrogen-bond donors (Lipinski definition) is 1. The molecule has 2 heterocycles. The molecule has 1 N–H and O–H groups in total. The molecule has 35 heavy (non-hydrogen) atoms. The zero-order chi connectivity index (χ0) is 24.7. The van der Waals surface area contributed by atoms with Crippen LogP contribution in [0.15, 0.2) is 78.5 Å². The van der Waals surface area contributed by atoms with Gasteiger partial charge in [-0.3, -0.25) is 4.79 Å². The van der Waals surface area contributed by atoms with E-state index in [1.54, 1.807) is 24.4 Å². The summed E-state index contributed by atoms with van der Waals surface area (Å²) in [6, 6.07) is 19.4. The van der Waals surface area contributed by atoms with E-state index < -0.39 is 11.7 Å². The Bertz CT molecular complexity index is 1150. The van der Waals surface area contributed by atoms with Crippen molar-refractivity contribution in [1.29, 1.82) is 0 Å². The van der Waals surface area contributed by atoms with Gasteiger partial charge < -0.3 is 10.2 Å². The number of hydrogen-bond acceptors (Lipinski definition) is 3. The summed E-state index contributed by atoms with van der Waals surface area (Å²) in [5.41, 5.74) is 3.12. The van der Waals surface area contributed by atoms with Crippen LogP contribution in [0.25, 0.3) is 6.08 Å². The molecule has 0 spiro atoms. The van der Waals surface area contributed by atoms with Gasteiger partial charge in [-0.2, -0.15) is 13.2 Å². The van der Waals surface area contributed by atoms with Crippen molar-refractivity contribution in [2.75, 3.05) is 24.5 Å². The van der Waals surface area contributed by atoms with E-state index in [9.17, 15) is 18.0 Å². The molecule has 1 aromatic heterocycles. The third kappa shape index (κ3) is 6.72. The van der Waals surface area contributed by atoms with E-state index in [4.69, 9.17) is 0 Å². The molecule has 2 aromatic carbocycles. The predicted octanol–water partition coefficient (Wildman–Crippen LogP) is 6.15. The number of halogens is 3. The number of pyridine rings is 1. The number of nitrogens with zero attached hydrogens (tertiary/aromatic N) is 2. The molecule has 4 rings (SSSR count). The molecule has 1 amide bonds. The molecule has 1 fully saturated rings. The van der Waals surface area contributed by atoms with Gasteiger partial charge in [-0.1, -0.05) is 60.2 Å². The average Bonchev–Trinajstić information content (AvgIpc) is 2.87. The zero-order valence-corrected chi connectivity index (χ0v) is 19.4. The van der Waals surface area contributed by atoms with Crippen LogP contribution >= 0.6 is 0 Å². The van der Waals surface area contributed by atoms with Gasteiger partial charge in [-0.05, 0) is 55.0 Å². The van der Waals surface area contributed by atoms with E-state index in [2.05, 4.69) is 27.3 Å². The molecule has 0 radical (unpaired) electrons. The van der Waals surface area contributed by atoms with Crippen molar-refractivity contribution in [3.8, 4) is 0 Å². The van der Waals surface area contributed by atoms with Gasteiger partial charge in [0.05, 0.1) is 17.4 Å². The molecule has 0 unspecified atom stereocenters. The quantitative estimate of drug-likeness (QED) is 0.414. The lowest BCUT2D eigenvalue weighted by molar-refractivity contribution is -0.137. The zero-order valence-electron chi connectivity index (χ0n) is 19.4. The van der Waals surface area contributed by atoms with E-state index in [1.807, 2.05) is 24.3 Å². The standard InChI is InChI=1S/C28H28F3N3O/c29-28(30,31)25-11-5-4-10-23(25)19-22-14-17-34(18-15-22)24-12-13-26(33-20-24)27(35)32-16-6-9-21-7-2-1-3-8-21/h1-5,7-8,10-13,19-20H,6,9,14-18H2,(H,32,35). The van der Waals surface area contributed by atoms with Crippen LogP contribution in [0.3, 0.4) is 0 Å². The number of nitrogens with one attached hydrogen (secondary N) is 1. The highest BCUT2D eigenvalue weighted by molar-refractivity contribution is 5.92. The van der Waals surface area contributed by atoms with Crippen LogP contribution in [0.2, 0.25) is 0 Å². The lowest BCUT2D eigenvalue weighted by Crippen LogP contribution is -2.31. The number of rotatable bonds is 7. The summed E-state index contributed by atoms with van der Waals surface area (Å²) in [5, 5.41) is 2.91. The van der Waals surface area contributed by atoms with Gasteiger partial charge in [-0.25, -0.2) is 4.98 Å². The fourth-order valence-corrected chi connectivity index (χ4v) is 4.23. The fourth-order valence-electron chi connectivity index (χ4n) is 4.23. The van der Waals surface area contributed by atoms with Crippen LogP contribution < -0.4 is 10.2 Å². The average molecular weight is 480 g/mol. The second-order valence-electron chi connectivity index (χ2n) is 8.62. The monoisotopic (exact) mass is 479 g/mol. The number of carbonyl (C=O) groups is 1. The van der Waals surface area contributed by atoms with Crippen molar-refractivity contribution in [2.24, 2.45) is 0 Å². The number of carbonyl (C=O) groups excluding carboxylic acids is 1. The highest BCUT2D eigenvalue weighted by Crippen LogP contribution is 2.34. The summed E-state index contributed by atoms with van der Waals surface area (Å²) >= 11 is 0. The van der Waals surface area contributed by atoms with Crippen LogP contribution in [0.5, 0.6) is 0 Å². The maximum absolute atomic E-state index is 13.3. The van der Waals surface area contributed by atoms with E-state index >= 15 is 0 Å². The molecule has 1 aliphatic rings. The van der Waals surface area contributed by atoms with Gasteiger partial charge in [0.1, 0.15) is 5.69 Å². The molecule has 0 atom stereocenters. The molecule has 4 nitrogen and oxygen atoms in total. The number of benzene rings is 2. The third-order valence-electron chi connectivity index (χ3n) is 6.15. The van der Waals surface area contributed by atoms with E-state index in [0.717, 1.165) is 30.2 Å². The topological polar surface area (TPSA) is 45.2 Å². The van der Waals surface area contributed by atoms with Gasteiger partial charge in [-0.15, -0.1) is 0 Å². The SMILES string of the molecule is O=C(NCCCc1ccccc1)c1ccc(N2CCC(=Cc3ccccc3C(F)(F)F)CC2)cn1. The third-order valence-corrected chi connectivity index (χ3v) is 6.15. The molecule has 1 aliphatic heterocycles. The number of amides is 1. The van der Waals surface area contributed by atoms with Crippen LogP contribution in [0.4, 0.5) is 18.9 Å². The maximum atomic E-state index is 13.3. The summed E-state index contributed by atoms with van der Waals surface area (Å²) in [5.74, 6) is -0.197. The maximum Gasteiger partial charge on any atom is 0.416 e. The van der Waals surface area contributed by atoms with Crippen molar-refractivity contribution >= 4 is 17.7 Å². The molecular formula is C28H28F3N3O. The first-order valence-electron chi connectivity index (χ1n) is 11.8. The Balaban J connectivity index is 1.28. The number of anilines is 1. The van der Waals surface area contributed by atoms with E-state index in [1.165, 1.54) is 17.7 Å². The first kappa shape index (κ1) is 24.5. The Hall–Kier alpha value is -3.61. The summed E-state index contributed by atoms with van der Waals surface area (Å²) < 4.78 is 39.8. The molecule has 0 bridgehead atoms. The van der Waals surface area contributed by atoms with E-state index in [-0.39, 0.29) is 11.5 Å². The molecule has 182 valence electrons. The lowest BCUT2D eigenvalue weighted by Gasteiger charge is -2.30. The van der Waals surface area contributed by atoms with Gasteiger partial charge in [0.25, 0.3) is 5.91 Å². The van der Waals surface area contributed by atoms with Crippen molar-refractivity contribution in [1.82, 2.24) is 10.3 Å². The summed E-state index contributed by atoms with van der Waals surface area (Å²) in [6.07, 6.45) is 2.10. The minimum absolute atomic E-state index is 0.197. The van der Waals surface area contributed by atoms with Gasteiger partial charge >= 0.3 is 6.18 Å². The van der Waals surface area contributed by atoms with Crippen molar-refractivity contribution in [3.05, 3.63) is 101 Å². The minimum atomic E-state index is -4.37. The van der Waals surface area contributed by atoms with Crippen molar-refractivity contribution in [2.45, 2.75) is 31.9 Å². The van der Waals surface area contributed by atoms with E-state index in [0.29, 0.717) is 38.2 Å². The molecule has 3 aromatic rings. The Kier molecular flexibility index (Phi) is 7.85. The van der Waals surface area contributed by atoms with Crippen LogP contribution in [-0.4, -0.2) is 30.5 Å². The van der Waals surface area contributed by atoms with Gasteiger partial charge in [0.15, 0.2) is 0 Å². The Labute approximate surface area is 203 Å². The van der Waals surface area contributed by atoms with Crippen LogP contribution in [0.1, 0.15) is 46.4 Å². The first-order valence-corrected chi connectivity index (χ1v) is 11.8. The van der Waals surface area contributed by atoms with Crippen LogP contribution in [-0.2, 0) is 12.6 Å². The second kappa shape index (κ2) is 11.2. The molecular weight excluding hydrogens is 451 g/mol. The number of alkyl halides is 3. The summed E-state index contributed by atoms with van der Waals surface area (Å²) in [4.78, 5) is 18.8. The molecule has 0 saturated carbocycles. The Morgan fingerprint density at radius 3 is 2.37 bits per heavy atom. The highest BCUT2D eigenvalue weighted by atomic mass is 19.4. The molecule has 7 heteroatoms. The predicted molar refractivity (Wildman–Crippen MR) is 132 cm³/mol. The largest absolute Gasteiger partial charge is 0.416 e. The summed E-state index contributed by atoms with van der Waals surface area (Å²) in [6.45, 7) is 1.95. The van der Waals surface area contributed by atoms with Gasteiger partial charge in [0, 0.05) is 19.6 Å². The summed E-state index contributed by atoms with van der Waals surface area (Å²) in [7, 11) is 0. The number of aryl methyl sites for hydroxylation is 1. The van der Waals surface area contributed by atoms with Crippen molar-refractivity contribution < 1.29 is 18.0 Å². The minimum Gasteiger partial charge on any atom is -0.370 e. The number of piperidine rings is 1. The molecule has 0 aliphatic carbocycles. The lowest BCUT2D eigenvalue weighted by atomic mass is 9.98. The second-order valence-corrected chi connectivity index (χ2v) is 8.62. The fraction of sp³-hybridized carbons (Fsp3) is 0.286. The van der Waals surface area contributed by atoms with Crippen LogP contribution in [0, 0.1) is 0 Å². The number of aromatic nitrogens is 1. The highest BCUT2D eigenvalue weighted by Gasteiger charge is 2.32. The normalized spacial score (nSPS) is 14.0.